The van der Waals surface area contributed by atoms with Crippen molar-refractivity contribution in [3.05, 3.63) is 34.4 Å². The topological polar surface area (TPSA) is 48.2 Å². The number of rotatable bonds is 2. The van der Waals surface area contributed by atoms with E-state index in [2.05, 4.69) is 43.2 Å². The lowest BCUT2D eigenvalue weighted by molar-refractivity contribution is 0.796. The zero-order chi connectivity index (χ0) is 13.0. The maximum absolute atomic E-state index is 8.52. The van der Waals surface area contributed by atoms with Crippen molar-refractivity contribution in [2.24, 2.45) is 4.99 Å². The molecule has 0 spiro atoms. The zero-order valence-corrected chi connectivity index (χ0v) is 11.1. The number of nitrogens with one attached hydrogen (secondary N) is 1. The lowest BCUT2D eigenvalue weighted by atomic mass is 9.95. The molecule has 0 unspecified atom stereocenters. The first-order chi connectivity index (χ1) is 7.95. The van der Waals surface area contributed by atoms with Gasteiger partial charge in [-0.2, -0.15) is 5.26 Å². The predicted octanol–water partition coefficient (Wildman–Crippen LogP) is 3.16. The van der Waals surface area contributed by atoms with E-state index in [0.29, 0.717) is 5.84 Å². The van der Waals surface area contributed by atoms with Crippen molar-refractivity contribution in [1.29, 1.82) is 5.26 Å². The fourth-order valence-electron chi connectivity index (χ4n) is 2.32. The molecule has 0 amide bonds. The van der Waals surface area contributed by atoms with Gasteiger partial charge in [0.25, 0.3) is 0 Å². The first-order valence-corrected chi connectivity index (χ1v) is 5.73. The summed E-state index contributed by atoms with van der Waals surface area (Å²) in [5.74, 6) is 0.652. The number of hydrogen-bond donors (Lipinski definition) is 1. The summed E-state index contributed by atoms with van der Waals surface area (Å²) in [4.78, 5) is 4.47. The second-order valence-electron chi connectivity index (χ2n) is 4.44. The molecule has 0 aliphatic carbocycles. The van der Waals surface area contributed by atoms with Gasteiger partial charge in [-0.15, -0.1) is 0 Å². The Kier molecular flexibility index (Phi) is 4.28. The molecule has 1 rings (SSSR count). The van der Waals surface area contributed by atoms with E-state index >= 15 is 0 Å². The summed E-state index contributed by atoms with van der Waals surface area (Å²) < 4.78 is 0. The van der Waals surface area contributed by atoms with E-state index in [9.17, 15) is 0 Å². The number of aryl methyl sites for hydroxylation is 3. The quantitative estimate of drug-likeness (QED) is 0.366. The molecule has 0 saturated carbocycles. The van der Waals surface area contributed by atoms with Crippen LogP contribution in [-0.4, -0.2) is 5.84 Å². The molecule has 0 fully saturated rings. The van der Waals surface area contributed by atoms with Gasteiger partial charge in [-0.3, -0.25) is 10.3 Å². The van der Waals surface area contributed by atoms with E-state index in [0.717, 1.165) is 0 Å². The molecule has 0 radical (unpaired) electrons. The van der Waals surface area contributed by atoms with Gasteiger partial charge in [0.15, 0.2) is 6.19 Å². The molecule has 1 aromatic rings. The molecule has 1 atom stereocenters. The minimum atomic E-state index is 0.0662. The Morgan fingerprint density at radius 3 is 2.29 bits per heavy atom. The zero-order valence-electron chi connectivity index (χ0n) is 11.1. The molecule has 0 aromatic heterocycles. The molecule has 3 heteroatoms. The molecule has 0 aliphatic heterocycles. The maximum Gasteiger partial charge on any atom is 0.182 e. The summed E-state index contributed by atoms with van der Waals surface area (Å²) in [6.45, 7) is 10.2. The second-order valence-corrected chi connectivity index (χ2v) is 4.44. The van der Waals surface area contributed by atoms with E-state index in [1.807, 2.05) is 13.1 Å². The first kappa shape index (κ1) is 13.2. The lowest BCUT2D eigenvalue weighted by Gasteiger charge is -2.15. The number of hydrogen-bond acceptors (Lipinski definition) is 2. The standard InChI is InChI=1S/C14H19N3/c1-9-6-10(2)14(11(3)7-9)12(4)17-13(5)16-8-15/h6-7,12H,1-5H3,(H,16,17)/t12-/m0/s1. The summed E-state index contributed by atoms with van der Waals surface area (Å²) in [5, 5.41) is 11.1. The van der Waals surface area contributed by atoms with Crippen LogP contribution in [0.1, 0.15) is 42.1 Å². The van der Waals surface area contributed by atoms with Crippen LogP contribution >= 0.6 is 0 Å². The summed E-state index contributed by atoms with van der Waals surface area (Å²) in [6.07, 6.45) is 1.88. The molecule has 0 bridgehead atoms. The van der Waals surface area contributed by atoms with E-state index in [1.165, 1.54) is 22.3 Å². The normalized spacial score (nSPS) is 13.1. The minimum Gasteiger partial charge on any atom is -0.281 e. The van der Waals surface area contributed by atoms with Crippen LogP contribution in [0, 0.1) is 32.2 Å². The van der Waals surface area contributed by atoms with Crippen molar-refractivity contribution in [2.45, 2.75) is 40.7 Å². The summed E-state index contributed by atoms with van der Waals surface area (Å²) >= 11 is 0. The molecule has 17 heavy (non-hydrogen) atoms. The third-order valence-corrected chi connectivity index (χ3v) is 2.78. The molecular formula is C14H19N3. The summed E-state index contributed by atoms with van der Waals surface area (Å²) in [6, 6.07) is 4.40. The van der Waals surface area contributed by atoms with Gasteiger partial charge in [0, 0.05) is 0 Å². The van der Waals surface area contributed by atoms with Crippen LogP contribution in [0.15, 0.2) is 17.1 Å². The number of benzene rings is 1. The van der Waals surface area contributed by atoms with Crippen LogP contribution in [0.5, 0.6) is 0 Å². The highest BCUT2D eigenvalue weighted by Crippen LogP contribution is 2.25. The highest BCUT2D eigenvalue weighted by Gasteiger charge is 2.11. The van der Waals surface area contributed by atoms with Crippen molar-refractivity contribution < 1.29 is 0 Å². The van der Waals surface area contributed by atoms with E-state index in [-0.39, 0.29) is 6.04 Å². The van der Waals surface area contributed by atoms with Crippen molar-refractivity contribution in [3.63, 3.8) is 0 Å². The Balaban J connectivity index is 3.09. The van der Waals surface area contributed by atoms with Gasteiger partial charge in [0.1, 0.15) is 5.84 Å². The van der Waals surface area contributed by atoms with Crippen molar-refractivity contribution in [1.82, 2.24) is 5.32 Å². The van der Waals surface area contributed by atoms with Gasteiger partial charge in [-0.1, -0.05) is 17.7 Å². The third-order valence-electron chi connectivity index (χ3n) is 2.78. The largest absolute Gasteiger partial charge is 0.281 e. The molecule has 1 N–H and O–H groups in total. The summed E-state index contributed by atoms with van der Waals surface area (Å²) in [7, 11) is 0. The molecule has 3 nitrogen and oxygen atoms in total. The van der Waals surface area contributed by atoms with Gasteiger partial charge in [-0.05, 0) is 51.3 Å². The molecule has 0 saturated heterocycles. The average Bonchev–Trinajstić information content (AvgIpc) is 2.15. The molecule has 90 valence electrons. The lowest BCUT2D eigenvalue weighted by Crippen LogP contribution is -2.14. The number of aliphatic imine (C=N–C) groups is 1. The van der Waals surface area contributed by atoms with Crippen LogP contribution in [0.2, 0.25) is 0 Å². The Bertz CT molecular complexity index is 458. The van der Waals surface area contributed by atoms with Crippen molar-refractivity contribution in [3.8, 4) is 6.19 Å². The van der Waals surface area contributed by atoms with Crippen LogP contribution in [0.4, 0.5) is 0 Å². The van der Waals surface area contributed by atoms with E-state index < -0.39 is 0 Å². The minimum absolute atomic E-state index is 0.0662. The van der Waals surface area contributed by atoms with Crippen molar-refractivity contribution >= 4 is 5.84 Å². The monoisotopic (exact) mass is 229 g/mol. The van der Waals surface area contributed by atoms with E-state index in [4.69, 9.17) is 5.26 Å². The molecule has 0 heterocycles. The van der Waals surface area contributed by atoms with Gasteiger partial charge in [0.2, 0.25) is 0 Å². The fourth-order valence-corrected chi connectivity index (χ4v) is 2.32. The Labute approximate surface area is 103 Å². The van der Waals surface area contributed by atoms with Crippen molar-refractivity contribution in [2.75, 3.05) is 0 Å². The number of nitrogens with zero attached hydrogens (tertiary/aromatic N) is 2. The number of amidine groups is 1. The van der Waals surface area contributed by atoms with Gasteiger partial charge in [0.05, 0.1) is 6.04 Å². The van der Waals surface area contributed by atoms with Crippen LogP contribution in [0.3, 0.4) is 0 Å². The summed E-state index contributed by atoms with van der Waals surface area (Å²) in [5.41, 5.74) is 5.02. The predicted molar refractivity (Wildman–Crippen MR) is 70.9 cm³/mol. The van der Waals surface area contributed by atoms with Gasteiger partial charge in [-0.25, -0.2) is 0 Å². The molecule has 0 aliphatic rings. The number of nitriles is 1. The second kappa shape index (κ2) is 5.49. The average molecular weight is 229 g/mol. The maximum atomic E-state index is 8.52. The van der Waals surface area contributed by atoms with Gasteiger partial charge >= 0.3 is 0 Å². The SMILES string of the molecule is CC(=N[C@@H](C)c1c(C)cc(C)cc1C)NC#N. The first-order valence-electron chi connectivity index (χ1n) is 5.73. The highest BCUT2D eigenvalue weighted by molar-refractivity contribution is 5.81. The Morgan fingerprint density at radius 1 is 1.29 bits per heavy atom. The molecular weight excluding hydrogens is 210 g/mol. The highest BCUT2D eigenvalue weighted by atomic mass is 15.0. The third kappa shape index (κ3) is 3.32. The fraction of sp³-hybridized carbons (Fsp3) is 0.429. The van der Waals surface area contributed by atoms with Crippen LogP contribution in [-0.2, 0) is 0 Å². The smallest absolute Gasteiger partial charge is 0.182 e. The molecule has 1 aromatic carbocycles. The Hall–Kier alpha value is -1.82. The van der Waals surface area contributed by atoms with Crippen LogP contribution < -0.4 is 5.32 Å². The van der Waals surface area contributed by atoms with Crippen LogP contribution in [0.25, 0.3) is 0 Å². The van der Waals surface area contributed by atoms with E-state index in [1.54, 1.807) is 6.92 Å². The van der Waals surface area contributed by atoms with Gasteiger partial charge < -0.3 is 0 Å². The Morgan fingerprint density at radius 2 is 1.82 bits per heavy atom.